The molecule has 2 N–H and O–H groups in total. The number of hydrogen-bond acceptors (Lipinski definition) is 5. The fourth-order valence-electron chi connectivity index (χ4n) is 5.70. The third kappa shape index (κ3) is 7.86. The van der Waals surface area contributed by atoms with Gasteiger partial charge in [0.05, 0.1) is 18.8 Å². The highest BCUT2D eigenvalue weighted by molar-refractivity contribution is 6.76. The third-order valence-corrected chi connectivity index (χ3v) is 8.68. The van der Waals surface area contributed by atoms with E-state index in [-0.39, 0.29) is 31.3 Å². The second-order valence-electron chi connectivity index (χ2n) is 11.2. The highest BCUT2D eigenvalue weighted by atomic mass is 35.6. The Morgan fingerprint density at radius 1 is 0.905 bits per heavy atom. The molecule has 0 saturated carbocycles. The van der Waals surface area contributed by atoms with Gasteiger partial charge in [-0.3, -0.25) is 4.79 Å². The van der Waals surface area contributed by atoms with Crippen molar-refractivity contribution >= 4 is 40.7 Å². The van der Waals surface area contributed by atoms with E-state index >= 15 is 0 Å². The van der Waals surface area contributed by atoms with E-state index < -0.39 is 16.0 Å². The maximum absolute atomic E-state index is 11.9. The van der Waals surface area contributed by atoms with Gasteiger partial charge in [0.25, 0.3) is 9.70 Å². The van der Waals surface area contributed by atoms with Crippen molar-refractivity contribution in [2.24, 2.45) is 5.92 Å². The number of hydrogen-bond donors (Lipinski definition) is 2. The Labute approximate surface area is 262 Å². The molecule has 224 valence electrons. The van der Waals surface area contributed by atoms with Crippen LogP contribution in [0.3, 0.4) is 0 Å². The van der Waals surface area contributed by atoms with Gasteiger partial charge in [0.2, 0.25) is 0 Å². The number of nitrogens with zero attached hydrogens (tertiary/aromatic N) is 1. The number of aliphatic hydroxyl groups is 1. The molecule has 6 nitrogen and oxygen atoms in total. The Bertz CT molecular complexity index is 1320. The van der Waals surface area contributed by atoms with Crippen LogP contribution in [-0.2, 0) is 27.4 Å². The zero-order valence-electron chi connectivity index (χ0n) is 23.6. The quantitative estimate of drug-likeness (QED) is 0.259. The van der Waals surface area contributed by atoms with Gasteiger partial charge in [0.15, 0.2) is 6.29 Å². The predicted octanol–water partition coefficient (Wildman–Crippen LogP) is 7.11. The summed E-state index contributed by atoms with van der Waals surface area (Å²) < 4.78 is 11.3. The summed E-state index contributed by atoms with van der Waals surface area (Å²) in [4.78, 5) is 14.5. The van der Waals surface area contributed by atoms with Crippen molar-refractivity contribution in [3.8, 4) is 11.1 Å². The number of piperidine rings is 1. The summed E-state index contributed by atoms with van der Waals surface area (Å²) in [5.41, 5.74) is 5.85. The molecule has 0 bridgehead atoms. The van der Waals surface area contributed by atoms with E-state index in [9.17, 15) is 9.90 Å². The van der Waals surface area contributed by atoms with Crippen molar-refractivity contribution in [1.29, 1.82) is 0 Å². The predicted molar refractivity (Wildman–Crippen MR) is 167 cm³/mol. The smallest absolute Gasteiger partial charge is 0.272 e. The van der Waals surface area contributed by atoms with Crippen molar-refractivity contribution in [1.82, 2.24) is 10.2 Å². The molecular weight excluding hydrogens is 595 g/mol. The first-order valence-corrected chi connectivity index (χ1v) is 15.6. The zero-order valence-corrected chi connectivity index (χ0v) is 25.9. The summed E-state index contributed by atoms with van der Waals surface area (Å²) in [6.45, 7) is 5.57. The van der Waals surface area contributed by atoms with E-state index in [1.54, 1.807) is 0 Å². The first kappa shape index (κ1) is 31.3. The summed E-state index contributed by atoms with van der Waals surface area (Å²) in [6.07, 6.45) is 3.14. The molecule has 2 saturated heterocycles. The Morgan fingerprint density at radius 2 is 1.60 bits per heavy atom. The van der Waals surface area contributed by atoms with Crippen LogP contribution in [0.4, 0.5) is 0 Å². The standard InChI is InChI=1S/C33H37Cl3N2O4/c1-22-29(20-38-16-3-2-4-17-38)41-31(42-30(22)26-10-8-23(21-39)9-11-26)27-14-12-25(13-15-27)28-7-5-6-24(18-28)19-37-32(40)33(34,35)36/h5-15,18,22,29-31,39H,2-4,16-17,19-21H2,1H3,(H,37,40)/t22-,29+,30+,31+/m0/s1. The minimum atomic E-state index is -2.00. The lowest BCUT2D eigenvalue weighted by Gasteiger charge is -2.43. The molecular formula is C33H37Cl3N2O4. The number of benzene rings is 3. The number of ether oxygens (including phenoxy) is 2. The molecule has 9 heteroatoms. The van der Waals surface area contributed by atoms with E-state index in [2.05, 4.69) is 53.5 Å². The van der Waals surface area contributed by atoms with Gasteiger partial charge in [-0.05, 0) is 59.8 Å². The van der Waals surface area contributed by atoms with Gasteiger partial charge in [-0.15, -0.1) is 0 Å². The fraction of sp³-hybridized carbons (Fsp3) is 0.424. The second-order valence-corrected chi connectivity index (χ2v) is 13.5. The van der Waals surface area contributed by atoms with Crippen LogP contribution < -0.4 is 5.32 Å². The maximum atomic E-state index is 11.9. The fourth-order valence-corrected chi connectivity index (χ4v) is 5.90. The molecule has 2 fully saturated rings. The van der Waals surface area contributed by atoms with E-state index in [0.29, 0.717) is 0 Å². The Hall–Kier alpha value is -2.16. The van der Waals surface area contributed by atoms with Crippen LogP contribution in [0.1, 0.15) is 60.8 Å². The van der Waals surface area contributed by atoms with Gasteiger partial charge in [-0.2, -0.15) is 0 Å². The number of carbonyl (C=O) groups excluding carboxylic acids is 1. The molecule has 0 unspecified atom stereocenters. The van der Waals surface area contributed by atoms with E-state index in [0.717, 1.165) is 53.0 Å². The molecule has 0 aliphatic carbocycles. The number of amides is 1. The molecule has 2 aliphatic rings. The number of likely N-dealkylation sites (tertiary alicyclic amines) is 1. The van der Waals surface area contributed by atoms with Crippen LogP contribution in [0.2, 0.25) is 0 Å². The van der Waals surface area contributed by atoms with Gasteiger partial charge in [0, 0.05) is 24.6 Å². The highest BCUT2D eigenvalue weighted by Gasteiger charge is 2.39. The molecule has 3 aromatic carbocycles. The topological polar surface area (TPSA) is 71.0 Å². The summed E-state index contributed by atoms with van der Waals surface area (Å²) in [5, 5.41) is 12.2. The minimum absolute atomic E-state index is 0.0173. The molecule has 0 aromatic heterocycles. The molecule has 0 radical (unpaired) electrons. The minimum Gasteiger partial charge on any atom is -0.392 e. The molecule has 2 aliphatic heterocycles. The van der Waals surface area contributed by atoms with Crippen molar-refractivity contribution in [2.45, 2.75) is 61.6 Å². The van der Waals surface area contributed by atoms with Crippen LogP contribution in [0.25, 0.3) is 11.1 Å². The first-order chi connectivity index (χ1) is 20.2. The summed E-state index contributed by atoms with van der Waals surface area (Å²) in [7, 11) is 0. The van der Waals surface area contributed by atoms with Crippen molar-refractivity contribution in [2.75, 3.05) is 19.6 Å². The average Bonchev–Trinajstić information content (AvgIpc) is 3.01. The zero-order chi connectivity index (χ0) is 29.7. The number of alkyl halides is 3. The lowest BCUT2D eigenvalue weighted by molar-refractivity contribution is -0.276. The van der Waals surface area contributed by atoms with E-state index in [1.807, 2.05) is 36.4 Å². The molecule has 3 aromatic rings. The van der Waals surface area contributed by atoms with Gasteiger partial charge < -0.3 is 24.8 Å². The molecule has 5 rings (SSSR count). The first-order valence-electron chi connectivity index (χ1n) is 14.5. The highest BCUT2D eigenvalue weighted by Crippen LogP contribution is 2.42. The van der Waals surface area contributed by atoms with Gasteiger partial charge in [-0.25, -0.2) is 0 Å². The van der Waals surface area contributed by atoms with E-state index in [4.69, 9.17) is 44.3 Å². The molecule has 2 heterocycles. The number of rotatable bonds is 8. The summed E-state index contributed by atoms with van der Waals surface area (Å²) in [6, 6.07) is 24.1. The van der Waals surface area contributed by atoms with Crippen molar-refractivity contribution in [3.63, 3.8) is 0 Å². The number of nitrogens with one attached hydrogen (secondary N) is 1. The molecule has 0 spiro atoms. The van der Waals surface area contributed by atoms with Crippen LogP contribution in [-0.4, -0.2) is 45.4 Å². The summed E-state index contributed by atoms with van der Waals surface area (Å²) in [5.74, 6) is -0.502. The van der Waals surface area contributed by atoms with Crippen molar-refractivity contribution < 1.29 is 19.4 Å². The van der Waals surface area contributed by atoms with Crippen LogP contribution in [0.5, 0.6) is 0 Å². The SMILES string of the molecule is C[C@H]1[C@@H](CN2CCCCC2)O[C@@H](c2ccc(-c3cccc(CNC(=O)C(Cl)(Cl)Cl)c3)cc2)O[C@H]1c1ccc(CO)cc1. The Balaban J connectivity index is 1.33. The average molecular weight is 632 g/mol. The molecule has 42 heavy (non-hydrogen) atoms. The van der Waals surface area contributed by atoms with Crippen LogP contribution >= 0.6 is 34.8 Å². The van der Waals surface area contributed by atoms with Crippen LogP contribution in [0, 0.1) is 5.92 Å². The second kappa shape index (κ2) is 14.1. The maximum Gasteiger partial charge on any atom is 0.272 e. The van der Waals surface area contributed by atoms with Crippen molar-refractivity contribution in [3.05, 3.63) is 95.1 Å². The largest absolute Gasteiger partial charge is 0.392 e. The Kier molecular flexibility index (Phi) is 10.5. The van der Waals surface area contributed by atoms with Gasteiger partial charge in [-0.1, -0.05) is 115 Å². The van der Waals surface area contributed by atoms with Crippen LogP contribution in [0.15, 0.2) is 72.8 Å². The molecule has 1 amide bonds. The van der Waals surface area contributed by atoms with Gasteiger partial charge >= 0.3 is 0 Å². The summed E-state index contributed by atoms with van der Waals surface area (Å²) >= 11 is 17.0. The lowest BCUT2D eigenvalue weighted by Crippen LogP contribution is -2.45. The number of halogens is 3. The molecule has 4 atom stereocenters. The monoisotopic (exact) mass is 630 g/mol. The normalized spacial score (nSPS) is 23.5. The Morgan fingerprint density at radius 3 is 2.26 bits per heavy atom. The third-order valence-electron chi connectivity index (χ3n) is 8.16. The van der Waals surface area contributed by atoms with Gasteiger partial charge in [0.1, 0.15) is 0 Å². The number of carbonyl (C=O) groups is 1. The lowest BCUT2D eigenvalue weighted by atomic mass is 9.89. The number of aliphatic hydroxyl groups excluding tert-OH is 1. The van der Waals surface area contributed by atoms with E-state index in [1.165, 1.54) is 19.3 Å².